The Morgan fingerprint density at radius 3 is 2.07 bits per heavy atom. The van der Waals surface area contributed by atoms with Crippen LogP contribution in [0.2, 0.25) is 0 Å². The standard InChI is InChI=1S/C22H22N2O3S/c1-28(26,27)24-20-15-13-19(14-16-20)23-22(25)21-10-6-5-9-18(21)12-11-17-7-3-2-4-8-17/h2-10,13-16,24H,11-12H2,1H3,(H,23,25). The fraction of sp³-hybridized carbons (Fsp3) is 0.136. The SMILES string of the molecule is CS(=O)(=O)Nc1ccc(NC(=O)c2ccccc2CCc2ccccc2)cc1. The Balaban J connectivity index is 1.69. The van der Waals surface area contributed by atoms with Crippen molar-refractivity contribution in [2.75, 3.05) is 16.3 Å². The van der Waals surface area contributed by atoms with Crippen molar-refractivity contribution in [1.29, 1.82) is 0 Å². The first-order chi connectivity index (χ1) is 13.4. The van der Waals surface area contributed by atoms with Gasteiger partial charge in [0.2, 0.25) is 10.0 Å². The van der Waals surface area contributed by atoms with Gasteiger partial charge in [-0.3, -0.25) is 9.52 Å². The van der Waals surface area contributed by atoms with Gasteiger partial charge in [0.15, 0.2) is 0 Å². The molecule has 0 aliphatic carbocycles. The van der Waals surface area contributed by atoms with Gasteiger partial charge in [-0.15, -0.1) is 0 Å². The predicted molar refractivity (Wildman–Crippen MR) is 113 cm³/mol. The third-order valence-electron chi connectivity index (χ3n) is 4.23. The van der Waals surface area contributed by atoms with E-state index in [1.54, 1.807) is 24.3 Å². The lowest BCUT2D eigenvalue weighted by molar-refractivity contribution is 0.102. The predicted octanol–water partition coefficient (Wildman–Crippen LogP) is 4.10. The molecule has 144 valence electrons. The van der Waals surface area contributed by atoms with Crippen molar-refractivity contribution < 1.29 is 13.2 Å². The normalized spacial score (nSPS) is 11.0. The lowest BCUT2D eigenvalue weighted by atomic mass is 9.99. The molecule has 2 N–H and O–H groups in total. The molecule has 3 rings (SSSR count). The smallest absolute Gasteiger partial charge is 0.255 e. The molecule has 0 unspecified atom stereocenters. The van der Waals surface area contributed by atoms with Crippen LogP contribution in [0.15, 0.2) is 78.9 Å². The molecule has 0 aliphatic heterocycles. The summed E-state index contributed by atoms with van der Waals surface area (Å²) in [7, 11) is -3.33. The minimum absolute atomic E-state index is 0.188. The molecule has 28 heavy (non-hydrogen) atoms. The zero-order chi connectivity index (χ0) is 20.0. The van der Waals surface area contributed by atoms with Crippen LogP contribution in [0.5, 0.6) is 0 Å². The monoisotopic (exact) mass is 394 g/mol. The van der Waals surface area contributed by atoms with E-state index in [9.17, 15) is 13.2 Å². The number of nitrogens with one attached hydrogen (secondary N) is 2. The van der Waals surface area contributed by atoms with Gasteiger partial charge in [0.1, 0.15) is 0 Å². The highest BCUT2D eigenvalue weighted by Gasteiger charge is 2.11. The van der Waals surface area contributed by atoms with E-state index in [0.29, 0.717) is 16.9 Å². The minimum atomic E-state index is -3.33. The molecular formula is C22H22N2O3S. The Labute approximate surface area is 165 Å². The quantitative estimate of drug-likeness (QED) is 0.634. The van der Waals surface area contributed by atoms with Crippen LogP contribution >= 0.6 is 0 Å². The Morgan fingerprint density at radius 2 is 1.39 bits per heavy atom. The first-order valence-electron chi connectivity index (χ1n) is 8.92. The molecule has 5 nitrogen and oxygen atoms in total. The number of hydrogen-bond acceptors (Lipinski definition) is 3. The maximum absolute atomic E-state index is 12.7. The molecule has 3 aromatic carbocycles. The zero-order valence-electron chi connectivity index (χ0n) is 15.6. The third-order valence-corrected chi connectivity index (χ3v) is 4.84. The average molecular weight is 394 g/mol. The lowest BCUT2D eigenvalue weighted by Gasteiger charge is -2.11. The van der Waals surface area contributed by atoms with E-state index in [1.165, 1.54) is 5.56 Å². The van der Waals surface area contributed by atoms with Crippen molar-refractivity contribution >= 4 is 27.3 Å². The molecule has 0 aromatic heterocycles. The molecule has 0 atom stereocenters. The highest BCUT2D eigenvalue weighted by molar-refractivity contribution is 7.92. The molecule has 0 saturated carbocycles. The lowest BCUT2D eigenvalue weighted by Crippen LogP contribution is -2.15. The number of sulfonamides is 1. The molecule has 3 aromatic rings. The van der Waals surface area contributed by atoms with E-state index in [-0.39, 0.29) is 5.91 Å². The van der Waals surface area contributed by atoms with E-state index in [2.05, 4.69) is 22.2 Å². The second-order valence-electron chi connectivity index (χ2n) is 6.55. The summed E-state index contributed by atoms with van der Waals surface area (Å²) < 4.78 is 24.9. The van der Waals surface area contributed by atoms with Crippen LogP contribution in [0.4, 0.5) is 11.4 Å². The van der Waals surface area contributed by atoms with E-state index < -0.39 is 10.0 Å². The minimum Gasteiger partial charge on any atom is -0.322 e. The van der Waals surface area contributed by atoms with Gasteiger partial charge >= 0.3 is 0 Å². The number of carbonyl (C=O) groups is 1. The van der Waals surface area contributed by atoms with Gasteiger partial charge in [0, 0.05) is 16.9 Å². The van der Waals surface area contributed by atoms with Crippen molar-refractivity contribution in [3.8, 4) is 0 Å². The van der Waals surface area contributed by atoms with Crippen LogP contribution in [0.25, 0.3) is 0 Å². The second kappa shape index (κ2) is 8.71. The summed E-state index contributed by atoms with van der Waals surface area (Å²) in [6.45, 7) is 0. The summed E-state index contributed by atoms with van der Waals surface area (Å²) in [6.07, 6.45) is 2.72. The molecule has 0 heterocycles. The van der Waals surface area contributed by atoms with Gasteiger partial charge in [-0.05, 0) is 54.3 Å². The summed E-state index contributed by atoms with van der Waals surface area (Å²) in [5, 5.41) is 2.87. The molecule has 0 fully saturated rings. The number of amides is 1. The Hall–Kier alpha value is -3.12. The first-order valence-corrected chi connectivity index (χ1v) is 10.8. The van der Waals surface area contributed by atoms with Crippen molar-refractivity contribution in [2.45, 2.75) is 12.8 Å². The van der Waals surface area contributed by atoms with Crippen LogP contribution < -0.4 is 10.0 Å². The topological polar surface area (TPSA) is 75.3 Å². The van der Waals surface area contributed by atoms with Gasteiger partial charge < -0.3 is 5.32 Å². The molecule has 0 saturated heterocycles. The van der Waals surface area contributed by atoms with Gasteiger partial charge in [0.25, 0.3) is 5.91 Å². The van der Waals surface area contributed by atoms with Crippen LogP contribution in [-0.4, -0.2) is 20.6 Å². The molecule has 0 spiro atoms. The first kappa shape index (κ1) is 19.6. The van der Waals surface area contributed by atoms with Crippen LogP contribution in [0.3, 0.4) is 0 Å². The van der Waals surface area contributed by atoms with Gasteiger partial charge in [-0.1, -0.05) is 48.5 Å². The highest BCUT2D eigenvalue weighted by Crippen LogP contribution is 2.18. The van der Waals surface area contributed by atoms with E-state index >= 15 is 0 Å². The molecule has 6 heteroatoms. The van der Waals surface area contributed by atoms with E-state index in [1.807, 2.05) is 42.5 Å². The van der Waals surface area contributed by atoms with E-state index in [4.69, 9.17) is 0 Å². The molecule has 0 aliphatic rings. The molecular weight excluding hydrogens is 372 g/mol. The summed E-state index contributed by atoms with van der Waals surface area (Å²) >= 11 is 0. The van der Waals surface area contributed by atoms with Crippen LogP contribution in [-0.2, 0) is 22.9 Å². The molecule has 0 bridgehead atoms. The maximum Gasteiger partial charge on any atom is 0.255 e. The zero-order valence-corrected chi connectivity index (χ0v) is 16.4. The summed E-state index contributed by atoms with van der Waals surface area (Å²) in [4.78, 5) is 12.7. The van der Waals surface area contributed by atoms with Crippen LogP contribution in [0, 0.1) is 0 Å². The number of benzene rings is 3. The largest absolute Gasteiger partial charge is 0.322 e. The number of aryl methyl sites for hydroxylation is 2. The van der Waals surface area contributed by atoms with Crippen molar-refractivity contribution in [3.63, 3.8) is 0 Å². The maximum atomic E-state index is 12.7. The summed E-state index contributed by atoms with van der Waals surface area (Å²) in [5.74, 6) is -0.188. The molecule has 0 radical (unpaired) electrons. The van der Waals surface area contributed by atoms with Crippen molar-refractivity contribution in [2.24, 2.45) is 0 Å². The highest BCUT2D eigenvalue weighted by atomic mass is 32.2. The number of hydrogen-bond donors (Lipinski definition) is 2. The number of carbonyl (C=O) groups excluding carboxylic acids is 1. The average Bonchev–Trinajstić information content (AvgIpc) is 2.68. The number of rotatable bonds is 7. The Bertz CT molecular complexity index is 1050. The van der Waals surface area contributed by atoms with Crippen LogP contribution in [0.1, 0.15) is 21.5 Å². The Kier molecular flexibility index (Phi) is 6.11. The Morgan fingerprint density at radius 1 is 0.786 bits per heavy atom. The molecule has 1 amide bonds. The van der Waals surface area contributed by atoms with Gasteiger partial charge in [-0.2, -0.15) is 0 Å². The third kappa shape index (κ3) is 5.69. The second-order valence-corrected chi connectivity index (χ2v) is 8.30. The summed E-state index contributed by atoms with van der Waals surface area (Å²) in [5.41, 5.74) is 3.90. The van der Waals surface area contributed by atoms with Crippen molar-refractivity contribution in [1.82, 2.24) is 0 Å². The van der Waals surface area contributed by atoms with Crippen molar-refractivity contribution in [3.05, 3.63) is 95.6 Å². The van der Waals surface area contributed by atoms with Gasteiger partial charge in [0.05, 0.1) is 6.26 Å². The van der Waals surface area contributed by atoms with E-state index in [0.717, 1.165) is 24.7 Å². The fourth-order valence-electron chi connectivity index (χ4n) is 2.92. The fourth-order valence-corrected chi connectivity index (χ4v) is 3.48. The van der Waals surface area contributed by atoms with Gasteiger partial charge in [-0.25, -0.2) is 8.42 Å². The number of anilines is 2. The summed E-state index contributed by atoms with van der Waals surface area (Å²) in [6, 6.07) is 24.3.